The van der Waals surface area contributed by atoms with Crippen LogP contribution in [0.25, 0.3) is 0 Å². The summed E-state index contributed by atoms with van der Waals surface area (Å²) in [5.41, 5.74) is 1.01. The van der Waals surface area contributed by atoms with Crippen molar-refractivity contribution in [2.75, 3.05) is 13.6 Å². The van der Waals surface area contributed by atoms with Gasteiger partial charge < -0.3 is 0 Å². The maximum atomic E-state index is 8.98. The minimum atomic E-state index is -0.0521. The van der Waals surface area contributed by atoms with E-state index in [4.69, 9.17) is 5.26 Å². The molecule has 0 saturated heterocycles. The number of hydrogen-bond donors (Lipinski definition) is 0. The number of rotatable bonds is 4. The van der Waals surface area contributed by atoms with Gasteiger partial charge in [0.15, 0.2) is 0 Å². The van der Waals surface area contributed by atoms with E-state index >= 15 is 0 Å². The molecule has 0 N–H and O–H groups in total. The molecule has 0 spiro atoms. The molecule has 0 radical (unpaired) electrons. The van der Waals surface area contributed by atoms with Crippen LogP contribution in [0.3, 0.4) is 0 Å². The third kappa shape index (κ3) is 2.54. The van der Waals surface area contributed by atoms with Crippen molar-refractivity contribution in [3.8, 4) is 6.07 Å². The van der Waals surface area contributed by atoms with E-state index in [-0.39, 0.29) is 5.41 Å². The van der Waals surface area contributed by atoms with Crippen LogP contribution in [0, 0.1) is 16.7 Å². The van der Waals surface area contributed by atoms with Gasteiger partial charge >= 0.3 is 0 Å². The zero-order valence-corrected chi connectivity index (χ0v) is 8.98. The monoisotopic (exact) mass is 201 g/mol. The van der Waals surface area contributed by atoms with E-state index in [1.165, 1.54) is 0 Å². The molecule has 0 atom stereocenters. The van der Waals surface area contributed by atoms with Crippen LogP contribution in [0.2, 0.25) is 0 Å². The van der Waals surface area contributed by atoms with Crippen LogP contribution in [0.1, 0.15) is 18.5 Å². The molecule has 0 aromatic carbocycles. The van der Waals surface area contributed by atoms with Gasteiger partial charge in [-0.15, -0.1) is 0 Å². The van der Waals surface area contributed by atoms with E-state index in [2.05, 4.69) is 16.0 Å². The molecule has 0 aliphatic heterocycles. The summed E-state index contributed by atoms with van der Waals surface area (Å²) >= 11 is 0. The molecule has 0 bridgehead atoms. The summed E-state index contributed by atoms with van der Waals surface area (Å²) in [4.78, 5) is 6.45. The lowest BCUT2D eigenvalue weighted by Crippen LogP contribution is -2.25. The van der Waals surface area contributed by atoms with E-state index in [1.54, 1.807) is 6.20 Å². The van der Waals surface area contributed by atoms with Crippen molar-refractivity contribution in [1.29, 1.82) is 5.26 Å². The molecule has 3 nitrogen and oxygen atoms in total. The zero-order valence-electron chi connectivity index (χ0n) is 8.98. The van der Waals surface area contributed by atoms with Gasteiger partial charge in [-0.1, -0.05) is 6.07 Å². The first-order valence-electron chi connectivity index (χ1n) is 5.24. The van der Waals surface area contributed by atoms with Crippen LogP contribution in [-0.4, -0.2) is 23.5 Å². The average molecular weight is 201 g/mol. The minimum Gasteiger partial charge on any atom is -0.299 e. The van der Waals surface area contributed by atoms with E-state index in [0.29, 0.717) is 0 Å². The Balaban J connectivity index is 1.88. The van der Waals surface area contributed by atoms with Crippen molar-refractivity contribution in [3.63, 3.8) is 0 Å². The Labute approximate surface area is 90.4 Å². The van der Waals surface area contributed by atoms with E-state index in [0.717, 1.165) is 31.6 Å². The Morgan fingerprint density at radius 2 is 2.33 bits per heavy atom. The molecular weight excluding hydrogens is 186 g/mol. The molecule has 1 aliphatic carbocycles. The largest absolute Gasteiger partial charge is 0.299 e. The summed E-state index contributed by atoms with van der Waals surface area (Å²) in [6.45, 7) is 1.68. The molecular formula is C12H15N3. The second-order valence-corrected chi connectivity index (χ2v) is 4.39. The van der Waals surface area contributed by atoms with Crippen molar-refractivity contribution in [3.05, 3.63) is 30.1 Å². The van der Waals surface area contributed by atoms with Gasteiger partial charge in [-0.25, -0.2) is 0 Å². The minimum absolute atomic E-state index is 0.0521. The first-order chi connectivity index (χ1) is 7.24. The van der Waals surface area contributed by atoms with Crippen LogP contribution in [0.15, 0.2) is 24.4 Å². The molecule has 1 aromatic rings. The Hall–Kier alpha value is -1.40. The Kier molecular flexibility index (Phi) is 2.70. The molecule has 0 unspecified atom stereocenters. The predicted molar refractivity (Wildman–Crippen MR) is 57.9 cm³/mol. The molecule has 1 aliphatic rings. The van der Waals surface area contributed by atoms with Gasteiger partial charge in [0.05, 0.1) is 17.2 Å². The third-order valence-electron chi connectivity index (χ3n) is 2.82. The lowest BCUT2D eigenvalue weighted by molar-refractivity contribution is 0.283. The molecule has 1 aromatic heterocycles. The van der Waals surface area contributed by atoms with Gasteiger partial charge in [-0.3, -0.25) is 9.88 Å². The van der Waals surface area contributed by atoms with E-state index in [1.807, 2.05) is 25.2 Å². The fourth-order valence-corrected chi connectivity index (χ4v) is 1.80. The number of nitriles is 1. The highest BCUT2D eigenvalue weighted by Crippen LogP contribution is 2.45. The summed E-state index contributed by atoms with van der Waals surface area (Å²) in [7, 11) is 2.05. The molecule has 1 saturated carbocycles. The number of nitrogens with zero attached hydrogens (tertiary/aromatic N) is 3. The normalized spacial score (nSPS) is 17.4. The maximum absolute atomic E-state index is 8.98. The maximum Gasteiger partial charge on any atom is 0.0703 e. The number of aromatic nitrogens is 1. The van der Waals surface area contributed by atoms with Gasteiger partial charge in [-0.2, -0.15) is 5.26 Å². The van der Waals surface area contributed by atoms with Gasteiger partial charge in [0, 0.05) is 19.3 Å². The van der Waals surface area contributed by atoms with Crippen molar-refractivity contribution >= 4 is 0 Å². The number of hydrogen-bond acceptors (Lipinski definition) is 3. The fourth-order valence-electron chi connectivity index (χ4n) is 1.80. The van der Waals surface area contributed by atoms with Crippen LogP contribution in [-0.2, 0) is 6.54 Å². The summed E-state index contributed by atoms with van der Waals surface area (Å²) in [5.74, 6) is 0. The highest BCUT2D eigenvalue weighted by molar-refractivity contribution is 5.11. The molecule has 1 heterocycles. The van der Waals surface area contributed by atoms with Crippen molar-refractivity contribution in [2.45, 2.75) is 19.4 Å². The van der Waals surface area contributed by atoms with Gasteiger partial charge in [0.2, 0.25) is 0 Å². The Bertz CT molecular complexity index is 362. The standard InChI is InChI=1S/C12H15N3/c1-15(10-12(9-13)5-6-12)8-11-4-2-3-7-14-11/h2-4,7H,5-6,8,10H2,1H3. The molecule has 2 rings (SSSR count). The first-order valence-corrected chi connectivity index (χ1v) is 5.24. The zero-order chi connectivity index (χ0) is 10.7. The van der Waals surface area contributed by atoms with Crippen LogP contribution < -0.4 is 0 Å². The van der Waals surface area contributed by atoms with Crippen LogP contribution in [0.5, 0.6) is 0 Å². The second kappa shape index (κ2) is 4.00. The van der Waals surface area contributed by atoms with E-state index < -0.39 is 0 Å². The van der Waals surface area contributed by atoms with Crippen molar-refractivity contribution < 1.29 is 0 Å². The van der Waals surface area contributed by atoms with Gasteiger partial charge in [0.1, 0.15) is 0 Å². The summed E-state index contributed by atoms with van der Waals surface area (Å²) in [6.07, 6.45) is 3.91. The average Bonchev–Trinajstić information content (AvgIpc) is 3.00. The van der Waals surface area contributed by atoms with Crippen molar-refractivity contribution in [2.24, 2.45) is 5.41 Å². The SMILES string of the molecule is CN(Cc1ccccn1)CC1(C#N)CC1. The molecule has 3 heteroatoms. The molecule has 78 valence electrons. The first kappa shape index (κ1) is 10.1. The smallest absolute Gasteiger partial charge is 0.0703 e. The molecule has 0 amide bonds. The Morgan fingerprint density at radius 1 is 1.53 bits per heavy atom. The predicted octanol–water partition coefficient (Wildman–Crippen LogP) is 1.82. The summed E-state index contributed by atoms with van der Waals surface area (Å²) < 4.78 is 0. The highest BCUT2D eigenvalue weighted by atomic mass is 15.1. The summed E-state index contributed by atoms with van der Waals surface area (Å²) in [5, 5.41) is 8.98. The summed E-state index contributed by atoms with van der Waals surface area (Å²) in [6, 6.07) is 8.33. The third-order valence-corrected chi connectivity index (χ3v) is 2.82. The quantitative estimate of drug-likeness (QED) is 0.746. The van der Waals surface area contributed by atoms with Crippen LogP contribution >= 0.6 is 0 Å². The fraction of sp³-hybridized carbons (Fsp3) is 0.500. The van der Waals surface area contributed by atoms with Crippen molar-refractivity contribution in [1.82, 2.24) is 9.88 Å². The second-order valence-electron chi connectivity index (χ2n) is 4.39. The molecule has 1 fully saturated rings. The number of pyridine rings is 1. The lowest BCUT2D eigenvalue weighted by Gasteiger charge is -2.18. The van der Waals surface area contributed by atoms with E-state index in [9.17, 15) is 0 Å². The topological polar surface area (TPSA) is 39.9 Å². The van der Waals surface area contributed by atoms with Gasteiger partial charge in [-0.05, 0) is 32.0 Å². The highest BCUT2D eigenvalue weighted by Gasteiger charge is 2.43. The van der Waals surface area contributed by atoms with Crippen LogP contribution in [0.4, 0.5) is 0 Å². The lowest BCUT2D eigenvalue weighted by atomic mass is 10.1. The molecule has 15 heavy (non-hydrogen) atoms. The Morgan fingerprint density at radius 3 is 2.87 bits per heavy atom. The van der Waals surface area contributed by atoms with Gasteiger partial charge in [0.25, 0.3) is 0 Å².